The first-order chi connectivity index (χ1) is 18.4. The van der Waals surface area contributed by atoms with Crippen LogP contribution in [0.1, 0.15) is 22.3 Å². The Bertz CT molecular complexity index is 1410. The van der Waals surface area contributed by atoms with Crippen molar-refractivity contribution in [1.82, 2.24) is 5.32 Å². The van der Waals surface area contributed by atoms with Crippen LogP contribution in [0.4, 0.5) is 0 Å². The summed E-state index contributed by atoms with van der Waals surface area (Å²) in [7, 11) is -3.94. The molecule has 6 nitrogen and oxygen atoms in total. The van der Waals surface area contributed by atoms with Gasteiger partial charge in [-0.25, -0.2) is 0 Å². The van der Waals surface area contributed by atoms with E-state index in [1.807, 2.05) is 67.6 Å². The number of hydrogen-bond donors (Lipinski definition) is 1. The maximum Gasteiger partial charge on any atom is 0.339 e. The number of rotatable bonds is 12. The third-order valence-electron chi connectivity index (χ3n) is 6.04. The topological polar surface area (TPSA) is 81.7 Å². The van der Waals surface area contributed by atoms with Crippen molar-refractivity contribution in [2.75, 3.05) is 6.54 Å². The maximum atomic E-state index is 13.0. The zero-order valence-corrected chi connectivity index (χ0v) is 22.1. The minimum Gasteiger partial charge on any atom is -0.461 e. The Kier molecular flexibility index (Phi) is 9.30. The Balaban J connectivity index is 1.40. The fourth-order valence-corrected chi connectivity index (χ4v) is 4.85. The number of hydrogen-bond acceptors (Lipinski definition) is 6. The summed E-state index contributed by atoms with van der Waals surface area (Å²) in [6.07, 6.45) is 0.431. The molecule has 1 atom stereocenters. The minimum absolute atomic E-state index is 0.0953. The Labute approximate surface area is 224 Å². The summed E-state index contributed by atoms with van der Waals surface area (Å²) >= 11 is 0. The van der Waals surface area contributed by atoms with E-state index in [0.717, 1.165) is 22.3 Å². The Hall–Kier alpha value is -3.94. The van der Waals surface area contributed by atoms with Crippen LogP contribution in [0.3, 0.4) is 0 Å². The van der Waals surface area contributed by atoms with E-state index >= 15 is 0 Å². The van der Waals surface area contributed by atoms with Gasteiger partial charge in [0.25, 0.3) is 0 Å². The average Bonchev–Trinajstić information content (AvgIpc) is 2.93. The highest BCUT2D eigenvalue weighted by molar-refractivity contribution is 7.87. The van der Waals surface area contributed by atoms with Crippen LogP contribution in [-0.2, 0) is 39.2 Å². The highest BCUT2D eigenvalue weighted by atomic mass is 32.2. The van der Waals surface area contributed by atoms with Gasteiger partial charge in [0.2, 0.25) is 0 Å². The average molecular weight is 530 g/mol. The summed E-state index contributed by atoms with van der Waals surface area (Å²) in [5.41, 5.74) is 3.88. The highest BCUT2D eigenvalue weighted by Crippen LogP contribution is 2.21. The molecular weight excluding hydrogens is 498 g/mol. The third kappa shape index (κ3) is 8.03. The van der Waals surface area contributed by atoms with Crippen LogP contribution in [0, 0.1) is 12.8 Å². The molecule has 7 heteroatoms. The third-order valence-corrected chi connectivity index (χ3v) is 7.30. The second-order valence-corrected chi connectivity index (χ2v) is 10.7. The second-order valence-electron chi connectivity index (χ2n) is 9.11. The predicted molar refractivity (Wildman–Crippen MR) is 147 cm³/mol. The van der Waals surface area contributed by atoms with Crippen LogP contribution in [0.5, 0.6) is 5.75 Å². The zero-order chi connectivity index (χ0) is 26.8. The summed E-state index contributed by atoms with van der Waals surface area (Å²) in [4.78, 5) is 13.1. The molecule has 1 unspecified atom stereocenters. The minimum atomic E-state index is -3.94. The van der Waals surface area contributed by atoms with Crippen molar-refractivity contribution in [2.45, 2.75) is 31.4 Å². The van der Waals surface area contributed by atoms with Crippen LogP contribution in [0.2, 0.25) is 0 Å². The van der Waals surface area contributed by atoms with Gasteiger partial charge in [0, 0.05) is 13.1 Å². The van der Waals surface area contributed by atoms with Crippen molar-refractivity contribution in [3.05, 3.63) is 131 Å². The Morgan fingerprint density at radius 2 is 1.37 bits per heavy atom. The van der Waals surface area contributed by atoms with Crippen LogP contribution in [-0.4, -0.2) is 20.9 Å². The fourth-order valence-electron chi connectivity index (χ4n) is 3.92. The lowest BCUT2D eigenvalue weighted by molar-refractivity contribution is -0.149. The van der Waals surface area contributed by atoms with Gasteiger partial charge in [0.1, 0.15) is 17.3 Å². The van der Waals surface area contributed by atoms with Crippen LogP contribution >= 0.6 is 0 Å². The molecule has 0 bridgehead atoms. The summed E-state index contributed by atoms with van der Waals surface area (Å²) < 4.78 is 36.1. The first-order valence-corrected chi connectivity index (χ1v) is 13.9. The van der Waals surface area contributed by atoms with Gasteiger partial charge in [0.15, 0.2) is 0 Å². The predicted octanol–water partition coefficient (Wildman–Crippen LogP) is 5.45. The van der Waals surface area contributed by atoms with Gasteiger partial charge in [-0.05, 0) is 54.3 Å². The Morgan fingerprint density at radius 1 is 0.763 bits per heavy atom. The van der Waals surface area contributed by atoms with Gasteiger partial charge < -0.3 is 14.2 Å². The molecule has 0 aliphatic carbocycles. The van der Waals surface area contributed by atoms with Crippen molar-refractivity contribution in [1.29, 1.82) is 0 Å². The van der Waals surface area contributed by atoms with Crippen LogP contribution in [0.25, 0.3) is 0 Å². The fraction of sp³-hybridized carbons (Fsp3) is 0.194. The molecule has 0 heterocycles. The van der Waals surface area contributed by atoms with E-state index in [9.17, 15) is 13.2 Å². The van der Waals surface area contributed by atoms with E-state index in [-0.39, 0.29) is 23.2 Å². The number of nitrogens with one attached hydrogen (secondary N) is 1. The van der Waals surface area contributed by atoms with E-state index in [0.29, 0.717) is 19.5 Å². The molecule has 1 N–H and O–H groups in total. The largest absolute Gasteiger partial charge is 0.461 e. The second kappa shape index (κ2) is 13.0. The van der Waals surface area contributed by atoms with E-state index in [1.165, 1.54) is 12.1 Å². The van der Waals surface area contributed by atoms with E-state index in [2.05, 4.69) is 5.32 Å². The first-order valence-electron chi connectivity index (χ1n) is 12.4. The summed E-state index contributed by atoms with van der Waals surface area (Å²) in [6.45, 7) is 3.16. The molecule has 0 aliphatic rings. The number of ether oxygens (including phenoxy) is 1. The normalized spacial score (nSPS) is 12.0. The van der Waals surface area contributed by atoms with Crippen molar-refractivity contribution >= 4 is 16.1 Å². The smallest absolute Gasteiger partial charge is 0.339 e. The molecule has 4 rings (SSSR count). The van der Waals surface area contributed by atoms with Gasteiger partial charge >= 0.3 is 16.1 Å². The highest BCUT2D eigenvalue weighted by Gasteiger charge is 2.21. The van der Waals surface area contributed by atoms with Gasteiger partial charge in [-0.2, -0.15) is 8.42 Å². The standard InChI is InChI=1S/C31H31NO5S/c1-24-12-18-30(19-13-24)38(34,35)37-29-16-14-25(15-17-29)20-28(22-32-21-26-8-4-2-5-9-26)31(33)36-23-27-10-6-3-7-11-27/h2-19,28,32H,20-23H2,1H3. The quantitative estimate of drug-likeness (QED) is 0.194. The van der Waals surface area contributed by atoms with Gasteiger partial charge in [-0.1, -0.05) is 90.5 Å². The Morgan fingerprint density at radius 3 is 2.00 bits per heavy atom. The molecule has 4 aromatic carbocycles. The van der Waals surface area contributed by atoms with Crippen molar-refractivity contribution < 1.29 is 22.1 Å². The molecule has 0 fully saturated rings. The van der Waals surface area contributed by atoms with Crippen molar-refractivity contribution in [3.63, 3.8) is 0 Å². The van der Waals surface area contributed by atoms with Crippen LogP contribution < -0.4 is 9.50 Å². The molecule has 0 aromatic heterocycles. The van der Waals surface area contributed by atoms with Crippen molar-refractivity contribution in [3.8, 4) is 5.75 Å². The molecule has 0 saturated carbocycles. The van der Waals surface area contributed by atoms with Gasteiger partial charge in [-0.3, -0.25) is 4.79 Å². The van der Waals surface area contributed by atoms with Crippen molar-refractivity contribution in [2.24, 2.45) is 5.92 Å². The molecular formula is C31H31NO5S. The number of esters is 1. The lowest BCUT2D eigenvalue weighted by Gasteiger charge is -2.17. The summed E-state index contributed by atoms with van der Waals surface area (Å²) in [5, 5.41) is 3.36. The van der Waals surface area contributed by atoms with Gasteiger partial charge in [0.05, 0.1) is 5.92 Å². The molecule has 0 radical (unpaired) electrons. The van der Waals surface area contributed by atoms with E-state index in [1.54, 1.807) is 36.4 Å². The molecule has 0 aliphatic heterocycles. The molecule has 196 valence electrons. The molecule has 0 spiro atoms. The molecule has 0 amide bonds. The number of carbonyl (C=O) groups is 1. The maximum absolute atomic E-state index is 13.0. The van der Waals surface area contributed by atoms with E-state index in [4.69, 9.17) is 8.92 Å². The lowest BCUT2D eigenvalue weighted by atomic mass is 9.99. The molecule has 38 heavy (non-hydrogen) atoms. The molecule has 0 saturated heterocycles. The monoisotopic (exact) mass is 529 g/mol. The zero-order valence-electron chi connectivity index (χ0n) is 21.2. The van der Waals surface area contributed by atoms with Gasteiger partial charge in [-0.15, -0.1) is 0 Å². The number of aryl methyl sites for hydroxylation is 1. The van der Waals surface area contributed by atoms with E-state index < -0.39 is 16.0 Å². The first kappa shape index (κ1) is 27.1. The number of benzene rings is 4. The number of carbonyl (C=O) groups excluding carboxylic acids is 1. The summed E-state index contributed by atoms with van der Waals surface area (Å²) in [5.74, 6) is -0.512. The van der Waals surface area contributed by atoms with Crippen LogP contribution in [0.15, 0.2) is 114 Å². The SMILES string of the molecule is Cc1ccc(S(=O)(=O)Oc2ccc(CC(CNCc3ccccc3)C(=O)OCc3ccccc3)cc2)cc1. The summed E-state index contributed by atoms with van der Waals surface area (Å²) in [6, 6.07) is 32.8. The molecule has 4 aromatic rings. The lowest BCUT2D eigenvalue weighted by Crippen LogP contribution is -2.31.